The van der Waals surface area contributed by atoms with Crippen molar-refractivity contribution in [3.63, 3.8) is 0 Å². The third-order valence-electron chi connectivity index (χ3n) is 4.43. The molecular formula is C14H28N2O3S. The van der Waals surface area contributed by atoms with Crippen LogP contribution in [0.15, 0.2) is 0 Å². The monoisotopic (exact) mass is 304 g/mol. The molecule has 0 aromatic heterocycles. The molecule has 0 aliphatic carbocycles. The van der Waals surface area contributed by atoms with Crippen LogP contribution in [0.1, 0.15) is 48.0 Å². The summed E-state index contributed by atoms with van der Waals surface area (Å²) in [6.45, 7) is 11.5. The number of carbonyl (C=O) groups is 1. The molecule has 1 rings (SSSR count). The molecule has 1 saturated heterocycles. The van der Waals surface area contributed by atoms with Crippen molar-refractivity contribution in [3.8, 4) is 0 Å². The van der Waals surface area contributed by atoms with Crippen LogP contribution in [0.4, 0.5) is 0 Å². The van der Waals surface area contributed by atoms with Crippen molar-refractivity contribution in [2.75, 3.05) is 12.8 Å². The van der Waals surface area contributed by atoms with Crippen LogP contribution in [0.3, 0.4) is 0 Å². The van der Waals surface area contributed by atoms with Gasteiger partial charge in [-0.2, -0.15) is 0 Å². The number of hydrogen-bond acceptors (Lipinski definition) is 4. The van der Waals surface area contributed by atoms with E-state index in [4.69, 9.17) is 0 Å². The van der Waals surface area contributed by atoms with Crippen molar-refractivity contribution in [3.05, 3.63) is 0 Å². The molecule has 6 heteroatoms. The van der Waals surface area contributed by atoms with Crippen molar-refractivity contribution in [2.24, 2.45) is 5.92 Å². The summed E-state index contributed by atoms with van der Waals surface area (Å²) in [5, 5.41) is 3.37. The third-order valence-corrected chi connectivity index (χ3v) is 6.57. The predicted octanol–water partition coefficient (Wildman–Crippen LogP) is 1.39. The van der Waals surface area contributed by atoms with Crippen LogP contribution < -0.4 is 5.32 Å². The first-order valence-corrected chi connectivity index (χ1v) is 9.03. The Bertz CT molecular complexity index is 485. The van der Waals surface area contributed by atoms with E-state index >= 15 is 0 Å². The van der Waals surface area contributed by atoms with Gasteiger partial charge in [0.05, 0.1) is 16.5 Å². The number of hydrogen-bond donors (Lipinski definition) is 1. The summed E-state index contributed by atoms with van der Waals surface area (Å²) in [4.78, 5) is 14.4. The van der Waals surface area contributed by atoms with Gasteiger partial charge in [-0.05, 0) is 33.1 Å². The van der Waals surface area contributed by atoms with E-state index in [0.29, 0.717) is 6.42 Å². The lowest BCUT2D eigenvalue weighted by atomic mass is 9.99. The van der Waals surface area contributed by atoms with Gasteiger partial charge < -0.3 is 4.90 Å². The Labute approximate surface area is 123 Å². The quantitative estimate of drug-likeness (QED) is 0.833. The molecule has 5 nitrogen and oxygen atoms in total. The average Bonchev–Trinajstić information content (AvgIpc) is 2.53. The van der Waals surface area contributed by atoms with Gasteiger partial charge in [-0.1, -0.05) is 20.8 Å². The second-order valence-corrected chi connectivity index (χ2v) is 9.63. The molecule has 1 N–H and O–H groups in total. The first-order valence-electron chi connectivity index (χ1n) is 7.14. The van der Waals surface area contributed by atoms with Gasteiger partial charge in [0, 0.05) is 12.8 Å². The minimum atomic E-state index is -3.23. The Balaban J connectivity index is 3.11. The van der Waals surface area contributed by atoms with Gasteiger partial charge in [0.25, 0.3) is 0 Å². The Morgan fingerprint density at radius 2 is 1.90 bits per heavy atom. The van der Waals surface area contributed by atoms with E-state index in [1.54, 1.807) is 18.7 Å². The zero-order chi connectivity index (χ0) is 15.9. The molecule has 1 aliphatic rings. The molecule has 0 aromatic rings. The second kappa shape index (κ2) is 5.30. The molecule has 20 heavy (non-hydrogen) atoms. The van der Waals surface area contributed by atoms with Gasteiger partial charge in [-0.25, -0.2) is 8.42 Å². The van der Waals surface area contributed by atoms with Gasteiger partial charge in [0.15, 0.2) is 9.84 Å². The summed E-state index contributed by atoms with van der Waals surface area (Å²) in [7, 11) is -3.23. The fourth-order valence-electron chi connectivity index (χ4n) is 2.39. The van der Waals surface area contributed by atoms with E-state index in [-0.39, 0.29) is 24.5 Å². The maximum Gasteiger partial charge on any atom is 0.243 e. The normalized spacial score (nSPS) is 28.5. The number of nitrogens with one attached hydrogen (secondary N) is 1. The van der Waals surface area contributed by atoms with Gasteiger partial charge in [0.1, 0.15) is 0 Å². The van der Waals surface area contributed by atoms with E-state index in [2.05, 4.69) is 5.32 Å². The van der Waals surface area contributed by atoms with E-state index in [1.165, 1.54) is 6.26 Å². The maximum atomic E-state index is 12.6. The summed E-state index contributed by atoms with van der Waals surface area (Å²) in [5.74, 6) is 0.220. The minimum Gasteiger partial charge on any atom is -0.324 e. The van der Waals surface area contributed by atoms with Crippen LogP contribution in [0.25, 0.3) is 0 Å². The number of nitrogens with zero attached hydrogens (tertiary/aromatic N) is 1. The lowest BCUT2D eigenvalue weighted by Gasteiger charge is -2.33. The molecule has 2 atom stereocenters. The van der Waals surface area contributed by atoms with Crippen LogP contribution in [0, 0.1) is 5.92 Å². The number of carbonyl (C=O) groups excluding carboxylic acids is 1. The smallest absolute Gasteiger partial charge is 0.243 e. The van der Waals surface area contributed by atoms with Crippen molar-refractivity contribution >= 4 is 15.7 Å². The lowest BCUT2D eigenvalue weighted by molar-refractivity contribution is -0.133. The highest BCUT2D eigenvalue weighted by Gasteiger charge is 2.50. The Hall–Kier alpha value is -0.620. The lowest BCUT2D eigenvalue weighted by Crippen LogP contribution is -2.50. The first-order chi connectivity index (χ1) is 8.85. The minimum absolute atomic E-state index is 0.00424. The molecule has 0 saturated carbocycles. The van der Waals surface area contributed by atoms with Gasteiger partial charge in [0.2, 0.25) is 5.91 Å². The summed E-state index contributed by atoms with van der Waals surface area (Å²) in [5.41, 5.74) is -0.595. The van der Waals surface area contributed by atoms with E-state index in [9.17, 15) is 13.2 Å². The number of amides is 1. The first kappa shape index (κ1) is 17.4. The SMILES string of the molecule is CCC1(C)NC(C(C)C)N(CC(C)(C)S(C)(=O)=O)C1=O. The molecule has 0 radical (unpaired) electrons. The second-order valence-electron chi connectivity index (χ2n) is 6.98. The van der Waals surface area contributed by atoms with Crippen LogP contribution in [0.5, 0.6) is 0 Å². The average molecular weight is 304 g/mol. The molecule has 1 amide bonds. The highest BCUT2D eigenvalue weighted by molar-refractivity contribution is 7.92. The van der Waals surface area contributed by atoms with Crippen LogP contribution in [-0.4, -0.2) is 48.5 Å². The summed E-state index contributed by atoms with van der Waals surface area (Å²) in [6, 6.07) is 0. The number of rotatable bonds is 5. The molecular weight excluding hydrogens is 276 g/mol. The highest BCUT2D eigenvalue weighted by atomic mass is 32.2. The molecule has 0 spiro atoms. The van der Waals surface area contributed by atoms with Gasteiger partial charge in [-0.3, -0.25) is 10.1 Å². The van der Waals surface area contributed by atoms with Crippen molar-refractivity contribution in [1.29, 1.82) is 0 Å². The van der Waals surface area contributed by atoms with Crippen molar-refractivity contribution in [2.45, 2.75) is 64.4 Å². The van der Waals surface area contributed by atoms with Crippen LogP contribution in [0.2, 0.25) is 0 Å². The molecule has 0 bridgehead atoms. The van der Waals surface area contributed by atoms with E-state index in [0.717, 1.165) is 0 Å². The highest BCUT2D eigenvalue weighted by Crippen LogP contribution is 2.30. The molecule has 0 aromatic carbocycles. The van der Waals surface area contributed by atoms with Crippen molar-refractivity contribution < 1.29 is 13.2 Å². The molecule has 1 fully saturated rings. The van der Waals surface area contributed by atoms with E-state index < -0.39 is 20.1 Å². The summed E-state index contributed by atoms with van der Waals surface area (Å²) < 4.78 is 22.8. The summed E-state index contributed by atoms with van der Waals surface area (Å²) >= 11 is 0. The third kappa shape index (κ3) is 3.01. The standard InChI is InChI=1S/C14H28N2O3S/c1-8-14(6)12(17)16(11(15-14)10(2)3)9-13(4,5)20(7,18)19/h10-11,15H,8-9H2,1-7H3. The van der Waals surface area contributed by atoms with E-state index in [1.807, 2.05) is 27.7 Å². The molecule has 1 aliphatic heterocycles. The molecule has 1 heterocycles. The van der Waals surface area contributed by atoms with Crippen LogP contribution in [-0.2, 0) is 14.6 Å². The predicted molar refractivity (Wildman–Crippen MR) is 81.1 cm³/mol. The topological polar surface area (TPSA) is 66.5 Å². The zero-order valence-electron chi connectivity index (χ0n) is 13.6. The van der Waals surface area contributed by atoms with Crippen molar-refractivity contribution in [1.82, 2.24) is 10.2 Å². The number of sulfone groups is 1. The summed E-state index contributed by atoms with van der Waals surface area (Å²) in [6.07, 6.45) is 1.79. The Kier molecular flexibility index (Phi) is 4.62. The Morgan fingerprint density at radius 3 is 2.25 bits per heavy atom. The van der Waals surface area contributed by atoms with Gasteiger partial charge in [-0.15, -0.1) is 0 Å². The fourth-order valence-corrected chi connectivity index (χ4v) is 2.76. The zero-order valence-corrected chi connectivity index (χ0v) is 14.5. The fraction of sp³-hybridized carbons (Fsp3) is 0.929. The Morgan fingerprint density at radius 1 is 1.40 bits per heavy atom. The van der Waals surface area contributed by atoms with Gasteiger partial charge >= 0.3 is 0 Å². The largest absolute Gasteiger partial charge is 0.324 e. The molecule has 118 valence electrons. The van der Waals surface area contributed by atoms with Crippen LogP contribution >= 0.6 is 0 Å². The maximum absolute atomic E-state index is 12.6. The molecule has 2 unspecified atom stereocenters.